The Morgan fingerprint density at radius 1 is 1.24 bits per heavy atom. The number of hydrogen-bond donors (Lipinski definition) is 1. The summed E-state index contributed by atoms with van der Waals surface area (Å²) < 4.78 is 10.8. The summed E-state index contributed by atoms with van der Waals surface area (Å²) in [4.78, 5) is 23.4. The molecule has 21 heavy (non-hydrogen) atoms. The summed E-state index contributed by atoms with van der Waals surface area (Å²) in [5.74, 6) is -0.399. The molecule has 1 N–H and O–H groups in total. The lowest BCUT2D eigenvalue weighted by Crippen LogP contribution is -2.21. The smallest absolute Gasteiger partial charge is 0.374 e. The van der Waals surface area contributed by atoms with E-state index < -0.39 is 11.9 Å². The molecule has 5 nitrogen and oxygen atoms in total. The number of ether oxygens (including phenoxy) is 1. The molecule has 0 unspecified atom stereocenters. The third kappa shape index (κ3) is 4.19. The van der Waals surface area contributed by atoms with Crippen LogP contribution in [0.2, 0.25) is 0 Å². The molecule has 1 aromatic carbocycles. The molecule has 0 aliphatic heterocycles. The molecule has 0 fully saturated rings. The van der Waals surface area contributed by atoms with Crippen molar-refractivity contribution in [1.82, 2.24) is 0 Å². The first-order valence-electron chi connectivity index (χ1n) is 6.25. The fourth-order valence-electron chi connectivity index (χ4n) is 1.65. The van der Waals surface area contributed by atoms with E-state index >= 15 is 0 Å². The van der Waals surface area contributed by atoms with Crippen LogP contribution in [0.1, 0.15) is 21.9 Å². The zero-order valence-electron chi connectivity index (χ0n) is 11.6. The monoisotopic (exact) mass is 351 g/mol. The van der Waals surface area contributed by atoms with Crippen LogP contribution in [0.5, 0.6) is 0 Å². The molecule has 6 heteroatoms. The van der Waals surface area contributed by atoms with Gasteiger partial charge in [0.2, 0.25) is 5.76 Å². The van der Waals surface area contributed by atoms with E-state index in [9.17, 15) is 9.59 Å². The van der Waals surface area contributed by atoms with Gasteiger partial charge in [-0.15, -0.1) is 0 Å². The van der Waals surface area contributed by atoms with Gasteiger partial charge in [0.1, 0.15) is 5.76 Å². The number of rotatable bonds is 4. The van der Waals surface area contributed by atoms with Crippen molar-refractivity contribution in [2.75, 3.05) is 11.9 Å². The Labute approximate surface area is 130 Å². The van der Waals surface area contributed by atoms with E-state index in [4.69, 9.17) is 9.15 Å². The lowest BCUT2D eigenvalue weighted by Gasteiger charge is -2.08. The maximum Gasteiger partial charge on any atom is 0.374 e. The van der Waals surface area contributed by atoms with E-state index in [1.54, 1.807) is 19.1 Å². The number of carbonyl (C=O) groups excluding carboxylic acids is 2. The van der Waals surface area contributed by atoms with Crippen LogP contribution in [-0.2, 0) is 9.53 Å². The van der Waals surface area contributed by atoms with E-state index in [2.05, 4.69) is 21.2 Å². The molecule has 2 aromatic rings. The van der Waals surface area contributed by atoms with Crippen molar-refractivity contribution >= 4 is 33.5 Å². The molecule has 1 amide bonds. The van der Waals surface area contributed by atoms with Crippen LogP contribution < -0.4 is 5.32 Å². The number of nitrogens with one attached hydrogen (secondary N) is 1. The number of hydrogen-bond acceptors (Lipinski definition) is 4. The Bertz CT molecular complexity index is 678. The van der Waals surface area contributed by atoms with Gasteiger partial charge in [-0.25, -0.2) is 4.79 Å². The van der Waals surface area contributed by atoms with Crippen LogP contribution >= 0.6 is 15.9 Å². The van der Waals surface area contributed by atoms with Crippen molar-refractivity contribution in [3.63, 3.8) is 0 Å². The average molecular weight is 352 g/mol. The number of amides is 1. The van der Waals surface area contributed by atoms with Gasteiger partial charge in [-0.3, -0.25) is 4.79 Å². The van der Waals surface area contributed by atoms with Gasteiger partial charge in [-0.1, -0.05) is 6.07 Å². The van der Waals surface area contributed by atoms with Gasteiger partial charge in [-0.2, -0.15) is 0 Å². The molecule has 1 heterocycles. The number of esters is 1. The molecular formula is C15H14BrNO4. The Kier molecular flexibility index (Phi) is 4.80. The molecule has 0 saturated heterocycles. The molecule has 0 bridgehead atoms. The van der Waals surface area contributed by atoms with Crippen LogP contribution in [0.15, 0.2) is 39.2 Å². The first-order chi connectivity index (χ1) is 9.95. The Morgan fingerprint density at radius 2 is 2.00 bits per heavy atom. The molecule has 0 atom stereocenters. The number of benzene rings is 1. The van der Waals surface area contributed by atoms with Crippen LogP contribution in [0.25, 0.3) is 0 Å². The minimum absolute atomic E-state index is 0.0804. The van der Waals surface area contributed by atoms with E-state index in [1.807, 2.05) is 19.1 Å². The molecule has 0 aliphatic carbocycles. The lowest BCUT2D eigenvalue weighted by molar-refractivity contribution is -0.119. The predicted octanol–water partition coefficient (Wildman–Crippen LogP) is 3.45. The Hall–Kier alpha value is -2.08. The second-order valence-corrected chi connectivity index (χ2v) is 5.37. The number of aryl methyl sites for hydroxylation is 2. The summed E-state index contributed by atoms with van der Waals surface area (Å²) >= 11 is 3.36. The fraction of sp³-hybridized carbons (Fsp3) is 0.200. The number of halogens is 1. The van der Waals surface area contributed by atoms with E-state index in [0.717, 1.165) is 10.0 Å². The topological polar surface area (TPSA) is 68.5 Å². The molecule has 0 spiro atoms. The highest BCUT2D eigenvalue weighted by atomic mass is 79.9. The summed E-state index contributed by atoms with van der Waals surface area (Å²) in [6, 6.07) is 8.69. The normalized spacial score (nSPS) is 10.2. The number of anilines is 1. The fourth-order valence-corrected chi connectivity index (χ4v) is 2.25. The summed E-state index contributed by atoms with van der Waals surface area (Å²) in [5, 5.41) is 2.66. The highest BCUT2D eigenvalue weighted by Crippen LogP contribution is 2.23. The average Bonchev–Trinajstić information content (AvgIpc) is 2.86. The molecule has 0 saturated carbocycles. The standard InChI is InChI=1S/C15H14BrNO4/c1-9-3-5-12(11(16)7-9)17-14(18)8-20-15(19)13-6-4-10(2)21-13/h3-7H,8H2,1-2H3,(H,17,18). The van der Waals surface area contributed by atoms with Crippen LogP contribution in [0, 0.1) is 13.8 Å². The Morgan fingerprint density at radius 3 is 2.62 bits per heavy atom. The van der Waals surface area contributed by atoms with Crippen LogP contribution in [-0.4, -0.2) is 18.5 Å². The van der Waals surface area contributed by atoms with Gasteiger partial charge >= 0.3 is 5.97 Å². The molecule has 0 radical (unpaired) electrons. The van der Waals surface area contributed by atoms with Gasteiger partial charge in [0.25, 0.3) is 5.91 Å². The maximum atomic E-state index is 11.8. The molecule has 1 aromatic heterocycles. The number of furan rings is 1. The van der Waals surface area contributed by atoms with Gasteiger partial charge in [0, 0.05) is 4.47 Å². The zero-order chi connectivity index (χ0) is 15.4. The summed E-state index contributed by atoms with van der Waals surface area (Å²) in [7, 11) is 0. The van der Waals surface area contributed by atoms with Gasteiger partial charge < -0.3 is 14.5 Å². The van der Waals surface area contributed by atoms with Crippen LogP contribution in [0.4, 0.5) is 5.69 Å². The Balaban J connectivity index is 1.89. The van der Waals surface area contributed by atoms with E-state index in [1.165, 1.54) is 6.07 Å². The molecule has 110 valence electrons. The highest BCUT2D eigenvalue weighted by Gasteiger charge is 2.14. The van der Waals surface area contributed by atoms with Gasteiger partial charge in [0.15, 0.2) is 6.61 Å². The second kappa shape index (κ2) is 6.58. The summed E-state index contributed by atoms with van der Waals surface area (Å²) in [6.45, 7) is 3.29. The maximum absolute atomic E-state index is 11.8. The third-order valence-corrected chi connectivity index (χ3v) is 3.33. The first kappa shape index (κ1) is 15.3. The highest BCUT2D eigenvalue weighted by molar-refractivity contribution is 9.10. The third-order valence-electron chi connectivity index (χ3n) is 2.67. The summed E-state index contributed by atoms with van der Waals surface area (Å²) in [6.07, 6.45) is 0. The van der Waals surface area contributed by atoms with Gasteiger partial charge in [-0.05, 0) is 59.6 Å². The van der Waals surface area contributed by atoms with Crippen molar-refractivity contribution in [3.05, 3.63) is 51.9 Å². The minimum atomic E-state index is -0.666. The van der Waals surface area contributed by atoms with Crippen molar-refractivity contribution in [1.29, 1.82) is 0 Å². The predicted molar refractivity (Wildman–Crippen MR) is 81.2 cm³/mol. The molecule has 0 aliphatic rings. The summed E-state index contributed by atoms with van der Waals surface area (Å²) in [5.41, 5.74) is 1.69. The quantitative estimate of drug-likeness (QED) is 0.856. The first-order valence-corrected chi connectivity index (χ1v) is 7.04. The van der Waals surface area contributed by atoms with Crippen molar-refractivity contribution in [3.8, 4) is 0 Å². The SMILES string of the molecule is Cc1ccc(NC(=O)COC(=O)c2ccc(C)o2)c(Br)c1. The van der Waals surface area contributed by atoms with Crippen molar-refractivity contribution in [2.24, 2.45) is 0 Å². The largest absolute Gasteiger partial charge is 0.454 e. The molecule has 2 rings (SSSR count). The lowest BCUT2D eigenvalue weighted by atomic mass is 10.2. The minimum Gasteiger partial charge on any atom is -0.454 e. The number of carbonyl (C=O) groups is 2. The second-order valence-electron chi connectivity index (χ2n) is 4.52. The van der Waals surface area contributed by atoms with Crippen molar-refractivity contribution in [2.45, 2.75) is 13.8 Å². The van der Waals surface area contributed by atoms with E-state index in [-0.39, 0.29) is 12.4 Å². The van der Waals surface area contributed by atoms with Crippen LogP contribution in [0.3, 0.4) is 0 Å². The molecular weight excluding hydrogens is 338 g/mol. The van der Waals surface area contributed by atoms with E-state index in [0.29, 0.717) is 11.4 Å². The zero-order valence-corrected chi connectivity index (χ0v) is 13.2. The van der Waals surface area contributed by atoms with Gasteiger partial charge in [0.05, 0.1) is 5.69 Å². The van der Waals surface area contributed by atoms with Crippen molar-refractivity contribution < 1.29 is 18.7 Å².